The maximum atomic E-state index is 9.19. The van der Waals surface area contributed by atoms with Gasteiger partial charge in [0.05, 0.1) is 20.5 Å². The van der Waals surface area contributed by atoms with Crippen molar-refractivity contribution in [3.8, 4) is 11.5 Å². The van der Waals surface area contributed by atoms with E-state index < -0.39 is 10.1 Å². The second-order valence-electron chi connectivity index (χ2n) is 9.46. The van der Waals surface area contributed by atoms with Crippen LogP contribution in [0, 0.1) is 0 Å². The Bertz CT molecular complexity index is 1340. The van der Waals surface area contributed by atoms with E-state index in [9.17, 15) is 8.42 Å². The van der Waals surface area contributed by atoms with Crippen LogP contribution in [0.3, 0.4) is 0 Å². The molecule has 0 heterocycles. The van der Waals surface area contributed by atoms with Crippen LogP contribution in [-0.2, 0) is 23.0 Å². The predicted molar refractivity (Wildman–Crippen MR) is 161 cm³/mol. The van der Waals surface area contributed by atoms with Crippen molar-refractivity contribution in [1.29, 1.82) is 0 Å². The molecule has 0 saturated carbocycles. The molecule has 0 aliphatic rings. The molecular weight excluding hydrogens is 512 g/mol. The zero-order valence-corrected chi connectivity index (χ0v) is 23.9. The Morgan fingerprint density at radius 3 is 1.31 bits per heavy atom. The molecule has 0 radical (unpaired) electrons. The number of unbranched alkanes of at least 4 members (excludes halogenated alkanes) is 1. The molecule has 39 heavy (non-hydrogen) atoms. The Balaban J connectivity index is 0.000000771. The first-order valence-corrected chi connectivity index (χ1v) is 15.1. The summed E-state index contributed by atoms with van der Waals surface area (Å²) < 4.78 is 37.1. The summed E-state index contributed by atoms with van der Waals surface area (Å²) in [6.07, 6.45) is 5.00. The highest BCUT2D eigenvalue weighted by Crippen LogP contribution is 2.27. The number of rotatable bonds is 13. The van der Waals surface area contributed by atoms with Gasteiger partial charge in [-0.2, -0.15) is 8.42 Å². The Labute approximate surface area is 232 Å². The first-order chi connectivity index (χ1) is 18.8. The van der Waals surface area contributed by atoms with Gasteiger partial charge in [-0.15, -0.1) is 0 Å². The molecule has 0 saturated heterocycles. The van der Waals surface area contributed by atoms with Crippen molar-refractivity contribution in [2.24, 2.45) is 0 Å². The van der Waals surface area contributed by atoms with Gasteiger partial charge in [-0.05, 0) is 109 Å². The second kappa shape index (κ2) is 15.4. The third kappa shape index (κ3) is 10.5. The molecule has 4 rings (SSSR count). The third-order valence-corrected chi connectivity index (χ3v) is 6.40. The molecule has 4 aromatic carbocycles. The summed E-state index contributed by atoms with van der Waals surface area (Å²) in [4.78, 5) is 0. The van der Waals surface area contributed by atoms with E-state index in [0.717, 1.165) is 50.5 Å². The van der Waals surface area contributed by atoms with Crippen molar-refractivity contribution in [3.63, 3.8) is 0 Å². The normalized spacial score (nSPS) is 11.3. The average Bonchev–Trinajstić information content (AvgIpc) is 2.92. The number of hydrogen-bond acceptors (Lipinski definition) is 6. The van der Waals surface area contributed by atoms with Crippen LogP contribution in [0.1, 0.15) is 24.0 Å². The van der Waals surface area contributed by atoms with Crippen LogP contribution in [0.2, 0.25) is 0 Å². The van der Waals surface area contributed by atoms with Gasteiger partial charge in [-0.1, -0.05) is 48.5 Å². The first kappa shape index (κ1) is 30.4. The second-order valence-corrected chi connectivity index (χ2v) is 10.9. The van der Waals surface area contributed by atoms with E-state index in [1.54, 1.807) is 14.2 Å². The number of nitrogens with one attached hydrogen (secondary N) is 2. The van der Waals surface area contributed by atoms with E-state index in [1.165, 1.54) is 45.5 Å². The maximum absolute atomic E-state index is 9.19. The molecule has 0 spiro atoms. The summed E-state index contributed by atoms with van der Waals surface area (Å²) in [5.41, 5.74) is 2.53. The fraction of sp³-hybridized carbons (Fsp3) is 0.355. The number of benzene rings is 4. The standard InChI is InChI=1S/C30H36N2O2.CH4O3S/c1-33-29-21-25-11-5-3-9-23(25)19-27(29)13-17-31-15-7-8-16-32-18-14-28-20-24-10-4-6-12-26(24)22-30(28)34-2;1-5(2,3)4/h3-6,9-12,19-22,31-32H,7-8,13-18H2,1-2H3;1H3,(H,2,3,4). The minimum absolute atomic E-state index is 0.715. The summed E-state index contributed by atoms with van der Waals surface area (Å²) in [5.74, 6) is 1.96. The molecule has 0 aliphatic heterocycles. The van der Waals surface area contributed by atoms with Crippen LogP contribution in [0.4, 0.5) is 0 Å². The van der Waals surface area contributed by atoms with Gasteiger partial charge in [0.1, 0.15) is 11.5 Å². The van der Waals surface area contributed by atoms with Gasteiger partial charge in [-0.3, -0.25) is 4.55 Å². The maximum Gasteiger partial charge on any atom is 0.261 e. The van der Waals surface area contributed by atoms with E-state index >= 15 is 0 Å². The Hall–Kier alpha value is -3.17. The lowest BCUT2D eigenvalue weighted by molar-refractivity contribution is 0.409. The molecule has 0 amide bonds. The van der Waals surface area contributed by atoms with Crippen LogP contribution in [0.5, 0.6) is 11.5 Å². The van der Waals surface area contributed by atoms with Gasteiger partial charge in [-0.25, -0.2) is 0 Å². The molecule has 0 aromatic heterocycles. The lowest BCUT2D eigenvalue weighted by Crippen LogP contribution is -2.22. The van der Waals surface area contributed by atoms with Crippen LogP contribution >= 0.6 is 0 Å². The highest BCUT2D eigenvalue weighted by Gasteiger charge is 2.06. The van der Waals surface area contributed by atoms with Crippen molar-refractivity contribution in [3.05, 3.63) is 83.9 Å². The molecule has 210 valence electrons. The van der Waals surface area contributed by atoms with E-state index in [1.807, 2.05) is 0 Å². The predicted octanol–water partition coefficient (Wildman–Crippen LogP) is 5.26. The molecule has 0 unspecified atom stereocenters. The molecular formula is C31H40N2O5S. The van der Waals surface area contributed by atoms with Crippen molar-refractivity contribution >= 4 is 31.7 Å². The van der Waals surface area contributed by atoms with Gasteiger partial charge < -0.3 is 20.1 Å². The van der Waals surface area contributed by atoms with Crippen molar-refractivity contribution in [2.75, 3.05) is 46.7 Å². The van der Waals surface area contributed by atoms with Crippen LogP contribution in [0.15, 0.2) is 72.8 Å². The topological polar surface area (TPSA) is 96.9 Å². The minimum Gasteiger partial charge on any atom is -0.496 e. The van der Waals surface area contributed by atoms with Gasteiger partial charge in [0.15, 0.2) is 0 Å². The monoisotopic (exact) mass is 552 g/mol. The third-order valence-electron chi connectivity index (χ3n) is 6.40. The highest BCUT2D eigenvalue weighted by atomic mass is 32.2. The Kier molecular flexibility index (Phi) is 12.0. The van der Waals surface area contributed by atoms with Crippen molar-refractivity contribution in [2.45, 2.75) is 25.7 Å². The molecule has 0 fully saturated rings. The van der Waals surface area contributed by atoms with Gasteiger partial charge in [0.2, 0.25) is 0 Å². The molecule has 4 aromatic rings. The number of hydrogen-bond donors (Lipinski definition) is 3. The van der Waals surface area contributed by atoms with E-state index in [2.05, 4.69) is 83.4 Å². The summed E-state index contributed by atoms with van der Waals surface area (Å²) in [6.45, 7) is 4.00. The van der Waals surface area contributed by atoms with Gasteiger partial charge >= 0.3 is 0 Å². The smallest absolute Gasteiger partial charge is 0.261 e. The zero-order valence-electron chi connectivity index (χ0n) is 23.1. The Morgan fingerprint density at radius 2 is 0.974 bits per heavy atom. The molecule has 3 N–H and O–H groups in total. The fourth-order valence-electron chi connectivity index (χ4n) is 4.50. The molecule has 0 bridgehead atoms. The highest BCUT2D eigenvalue weighted by molar-refractivity contribution is 7.85. The fourth-order valence-corrected chi connectivity index (χ4v) is 4.50. The quantitative estimate of drug-likeness (QED) is 0.154. The summed E-state index contributed by atoms with van der Waals surface area (Å²) in [6, 6.07) is 25.7. The number of ether oxygens (including phenoxy) is 2. The van der Waals surface area contributed by atoms with E-state index in [-0.39, 0.29) is 0 Å². The summed E-state index contributed by atoms with van der Waals surface area (Å²) >= 11 is 0. The average molecular weight is 553 g/mol. The van der Waals surface area contributed by atoms with Crippen molar-refractivity contribution < 1.29 is 22.4 Å². The van der Waals surface area contributed by atoms with Gasteiger partial charge in [0.25, 0.3) is 10.1 Å². The first-order valence-electron chi connectivity index (χ1n) is 13.2. The van der Waals surface area contributed by atoms with E-state index in [4.69, 9.17) is 14.0 Å². The molecule has 0 aliphatic carbocycles. The molecule has 7 nitrogen and oxygen atoms in total. The number of fused-ring (bicyclic) bond motifs is 2. The van der Waals surface area contributed by atoms with Gasteiger partial charge in [0, 0.05) is 0 Å². The lowest BCUT2D eigenvalue weighted by Gasteiger charge is -2.12. The van der Waals surface area contributed by atoms with Crippen LogP contribution in [-0.4, -0.2) is 59.6 Å². The summed E-state index contributed by atoms with van der Waals surface area (Å²) in [7, 11) is -0.159. The molecule has 0 atom stereocenters. The lowest BCUT2D eigenvalue weighted by atomic mass is 10.0. The summed E-state index contributed by atoms with van der Waals surface area (Å²) in [5, 5.41) is 12.2. The SMILES string of the molecule is COc1cc2ccccc2cc1CCNCCCCNCCc1cc2ccccc2cc1OC.CS(=O)(=O)O. The number of methoxy groups -OCH3 is 2. The Morgan fingerprint density at radius 1 is 0.641 bits per heavy atom. The zero-order chi connectivity index (χ0) is 28.1. The van der Waals surface area contributed by atoms with Crippen molar-refractivity contribution in [1.82, 2.24) is 10.6 Å². The minimum atomic E-state index is -3.67. The van der Waals surface area contributed by atoms with Crippen LogP contribution in [0.25, 0.3) is 21.5 Å². The largest absolute Gasteiger partial charge is 0.496 e. The van der Waals surface area contributed by atoms with Crippen LogP contribution < -0.4 is 20.1 Å². The van der Waals surface area contributed by atoms with E-state index in [0.29, 0.717) is 6.26 Å². The molecule has 8 heteroatoms.